The summed E-state index contributed by atoms with van der Waals surface area (Å²) in [5.41, 5.74) is 2.06. The molecule has 1 saturated heterocycles. The van der Waals surface area contributed by atoms with Crippen LogP contribution in [0.5, 0.6) is 5.75 Å². The summed E-state index contributed by atoms with van der Waals surface area (Å²) in [5, 5.41) is 9.59. The van der Waals surface area contributed by atoms with Crippen LogP contribution in [-0.4, -0.2) is 26.8 Å². The van der Waals surface area contributed by atoms with Crippen LogP contribution in [-0.2, 0) is 11.2 Å². The molecule has 0 atom stereocenters. The van der Waals surface area contributed by atoms with E-state index in [0.717, 1.165) is 15.6 Å². The summed E-state index contributed by atoms with van der Waals surface area (Å²) >= 11 is 8.75. The smallest absolute Gasteiger partial charge is 0.266 e. The number of nitrogens with zero attached hydrogens (tertiary/aromatic N) is 1. The van der Waals surface area contributed by atoms with Crippen molar-refractivity contribution in [1.82, 2.24) is 4.90 Å². The van der Waals surface area contributed by atoms with Crippen LogP contribution < -0.4 is 0 Å². The first-order chi connectivity index (χ1) is 11.5. The summed E-state index contributed by atoms with van der Waals surface area (Å²) in [5.74, 6) is 0.187. The lowest BCUT2D eigenvalue weighted by Crippen LogP contribution is -2.30. The molecule has 1 N–H and O–H groups in total. The third kappa shape index (κ3) is 3.99. The first kappa shape index (κ1) is 17.4. The van der Waals surface area contributed by atoms with Gasteiger partial charge < -0.3 is 5.11 Å². The first-order valence-corrected chi connectivity index (χ1v) is 9.63. The maximum Gasteiger partial charge on any atom is 0.266 e. The number of carbonyl (C=O) groups excluding carboxylic acids is 1. The van der Waals surface area contributed by atoms with Gasteiger partial charge in [0.2, 0.25) is 0 Å². The van der Waals surface area contributed by atoms with Gasteiger partial charge in [-0.2, -0.15) is 0 Å². The number of rotatable bonds is 4. The predicted molar refractivity (Wildman–Crippen MR) is 111 cm³/mol. The van der Waals surface area contributed by atoms with Crippen LogP contribution in [0, 0.1) is 3.57 Å². The molecule has 1 fully saturated rings. The van der Waals surface area contributed by atoms with E-state index in [1.165, 1.54) is 17.3 Å². The fraction of sp³-hybridized carbons (Fsp3) is 0.111. The average molecular weight is 467 g/mol. The van der Waals surface area contributed by atoms with E-state index in [0.29, 0.717) is 15.8 Å². The SMILES string of the molecule is O=C1C(=Cc2ccc(O)c(I)c2)SC(=S)N1CCc1ccccc1. The molecule has 0 saturated carbocycles. The summed E-state index contributed by atoms with van der Waals surface area (Å²) in [6, 6.07) is 15.3. The van der Waals surface area contributed by atoms with Gasteiger partial charge in [0.25, 0.3) is 5.91 Å². The molecule has 2 aromatic rings. The number of phenols is 1. The molecule has 0 bridgehead atoms. The van der Waals surface area contributed by atoms with Crippen molar-refractivity contribution in [2.24, 2.45) is 0 Å². The van der Waals surface area contributed by atoms with Gasteiger partial charge in [0.15, 0.2) is 0 Å². The van der Waals surface area contributed by atoms with Gasteiger partial charge in [-0.05, 0) is 58.3 Å². The van der Waals surface area contributed by atoms with Crippen LogP contribution >= 0.6 is 46.6 Å². The molecular formula is C18H14INO2S2. The molecular weight excluding hydrogens is 453 g/mol. The van der Waals surface area contributed by atoms with E-state index in [2.05, 4.69) is 22.6 Å². The van der Waals surface area contributed by atoms with Crippen molar-refractivity contribution < 1.29 is 9.90 Å². The maximum absolute atomic E-state index is 12.6. The highest BCUT2D eigenvalue weighted by Crippen LogP contribution is 2.33. The quantitative estimate of drug-likeness (QED) is 0.410. The molecule has 1 aliphatic rings. The number of thiocarbonyl (C=S) groups is 1. The van der Waals surface area contributed by atoms with Gasteiger partial charge in [-0.15, -0.1) is 0 Å². The topological polar surface area (TPSA) is 40.5 Å². The molecule has 0 aliphatic carbocycles. The highest BCUT2D eigenvalue weighted by molar-refractivity contribution is 14.1. The van der Waals surface area contributed by atoms with E-state index >= 15 is 0 Å². The van der Waals surface area contributed by atoms with Crippen molar-refractivity contribution in [3.8, 4) is 5.75 Å². The van der Waals surface area contributed by atoms with Gasteiger partial charge in [-0.3, -0.25) is 9.69 Å². The summed E-state index contributed by atoms with van der Waals surface area (Å²) in [4.78, 5) is 14.9. The lowest BCUT2D eigenvalue weighted by Gasteiger charge is -2.14. The zero-order valence-corrected chi connectivity index (χ0v) is 16.4. The normalized spacial score (nSPS) is 16.2. The Bertz CT molecular complexity index is 821. The lowest BCUT2D eigenvalue weighted by atomic mass is 10.1. The summed E-state index contributed by atoms with van der Waals surface area (Å²) < 4.78 is 1.34. The third-order valence-corrected chi connectivity index (χ3v) is 5.85. The minimum absolute atomic E-state index is 0.0518. The summed E-state index contributed by atoms with van der Waals surface area (Å²) in [7, 11) is 0. The van der Waals surface area contributed by atoms with Crippen LogP contribution in [0.4, 0.5) is 0 Å². The highest BCUT2D eigenvalue weighted by atomic mass is 127. The number of halogens is 1. The van der Waals surface area contributed by atoms with Crippen molar-refractivity contribution in [3.05, 3.63) is 68.1 Å². The number of carbonyl (C=O) groups is 1. The third-order valence-electron chi connectivity index (χ3n) is 3.61. The predicted octanol–water partition coefficient (Wildman–Crippen LogP) is 4.44. The van der Waals surface area contributed by atoms with Crippen LogP contribution in [0.2, 0.25) is 0 Å². The van der Waals surface area contributed by atoms with Gasteiger partial charge in [0, 0.05) is 6.54 Å². The van der Waals surface area contributed by atoms with Crippen LogP contribution in [0.25, 0.3) is 6.08 Å². The van der Waals surface area contributed by atoms with Gasteiger partial charge in [-0.25, -0.2) is 0 Å². The van der Waals surface area contributed by atoms with Crippen LogP contribution in [0.15, 0.2) is 53.4 Å². The molecule has 2 aromatic carbocycles. The van der Waals surface area contributed by atoms with E-state index < -0.39 is 0 Å². The Labute approximate surface area is 163 Å². The number of thioether (sulfide) groups is 1. The molecule has 0 radical (unpaired) electrons. The van der Waals surface area contributed by atoms with Crippen molar-refractivity contribution >= 4 is 62.9 Å². The Morgan fingerprint density at radius 3 is 2.67 bits per heavy atom. The van der Waals surface area contributed by atoms with E-state index in [-0.39, 0.29) is 11.7 Å². The van der Waals surface area contributed by atoms with Crippen LogP contribution in [0.1, 0.15) is 11.1 Å². The second-order valence-corrected chi connectivity index (χ2v) is 8.12. The Morgan fingerprint density at radius 2 is 1.96 bits per heavy atom. The number of amides is 1. The first-order valence-electron chi connectivity index (χ1n) is 7.32. The molecule has 3 rings (SSSR count). The molecule has 24 heavy (non-hydrogen) atoms. The largest absolute Gasteiger partial charge is 0.507 e. The molecule has 3 nitrogen and oxygen atoms in total. The van der Waals surface area contributed by atoms with Crippen molar-refractivity contribution in [3.63, 3.8) is 0 Å². The molecule has 122 valence electrons. The summed E-state index contributed by atoms with van der Waals surface area (Å²) in [6.07, 6.45) is 2.60. The van der Waals surface area contributed by atoms with Gasteiger partial charge >= 0.3 is 0 Å². The van der Waals surface area contributed by atoms with Crippen LogP contribution in [0.3, 0.4) is 0 Å². The number of phenolic OH excluding ortho intramolecular Hbond substituents is 1. The van der Waals surface area contributed by atoms with E-state index in [1.807, 2.05) is 42.5 Å². The average Bonchev–Trinajstić information content (AvgIpc) is 2.84. The summed E-state index contributed by atoms with van der Waals surface area (Å²) in [6.45, 7) is 0.582. The van der Waals surface area contributed by atoms with Crippen molar-refractivity contribution in [2.75, 3.05) is 6.54 Å². The Hall–Kier alpha value is -1.38. The van der Waals surface area contributed by atoms with Gasteiger partial charge in [0.1, 0.15) is 10.1 Å². The van der Waals surface area contributed by atoms with Gasteiger partial charge in [-0.1, -0.05) is 60.4 Å². The number of hydrogen-bond acceptors (Lipinski definition) is 4. The van der Waals surface area contributed by atoms with E-state index in [4.69, 9.17) is 12.2 Å². The van der Waals surface area contributed by atoms with Crippen molar-refractivity contribution in [2.45, 2.75) is 6.42 Å². The fourth-order valence-corrected chi connectivity index (χ4v) is 4.19. The van der Waals surface area contributed by atoms with E-state index in [1.54, 1.807) is 17.0 Å². The van der Waals surface area contributed by atoms with Crippen molar-refractivity contribution in [1.29, 1.82) is 0 Å². The zero-order valence-electron chi connectivity index (χ0n) is 12.6. The fourth-order valence-electron chi connectivity index (χ4n) is 2.34. The number of aromatic hydroxyl groups is 1. The highest BCUT2D eigenvalue weighted by Gasteiger charge is 2.31. The second-order valence-electron chi connectivity index (χ2n) is 5.28. The maximum atomic E-state index is 12.6. The molecule has 0 unspecified atom stereocenters. The molecule has 1 heterocycles. The lowest BCUT2D eigenvalue weighted by molar-refractivity contribution is -0.122. The minimum atomic E-state index is -0.0518. The Kier molecular flexibility index (Phi) is 5.57. The minimum Gasteiger partial charge on any atom is -0.507 e. The standard InChI is InChI=1S/C18H14INO2S2/c19-14-10-13(6-7-15(14)21)11-16-17(22)20(18(23)24-16)9-8-12-4-2-1-3-5-12/h1-7,10-11,21H,8-9H2. The Morgan fingerprint density at radius 1 is 1.21 bits per heavy atom. The zero-order chi connectivity index (χ0) is 17.1. The molecule has 1 aliphatic heterocycles. The Balaban J connectivity index is 1.73. The number of hydrogen-bond donors (Lipinski definition) is 1. The molecule has 0 spiro atoms. The monoisotopic (exact) mass is 467 g/mol. The second kappa shape index (κ2) is 7.67. The number of benzene rings is 2. The molecule has 0 aromatic heterocycles. The van der Waals surface area contributed by atoms with Gasteiger partial charge in [0.05, 0.1) is 8.48 Å². The molecule has 1 amide bonds. The van der Waals surface area contributed by atoms with E-state index in [9.17, 15) is 9.90 Å². The molecule has 6 heteroatoms.